The number of halogens is 1. The molecule has 1 fully saturated rings. The summed E-state index contributed by atoms with van der Waals surface area (Å²) in [6.07, 6.45) is 3.88. The number of piperidine rings is 1. The topological polar surface area (TPSA) is 41.3 Å². The summed E-state index contributed by atoms with van der Waals surface area (Å²) in [6, 6.07) is 8.09. The molecule has 1 aliphatic heterocycles. The van der Waals surface area contributed by atoms with Gasteiger partial charge in [-0.25, -0.2) is 10.4 Å². The SMILES string of the molecule is NCC(NN1CCCCC1)c1ccc(Cl)cc1. The largest absolute Gasteiger partial charge is 0.329 e. The van der Waals surface area contributed by atoms with Crippen molar-refractivity contribution in [1.82, 2.24) is 10.4 Å². The Morgan fingerprint density at radius 3 is 2.41 bits per heavy atom. The Balaban J connectivity index is 1.97. The summed E-state index contributed by atoms with van der Waals surface area (Å²) in [6.45, 7) is 2.83. The van der Waals surface area contributed by atoms with Gasteiger partial charge in [0.15, 0.2) is 0 Å². The molecule has 0 bridgehead atoms. The summed E-state index contributed by atoms with van der Waals surface area (Å²) in [5.74, 6) is 0. The van der Waals surface area contributed by atoms with Crippen molar-refractivity contribution in [3.63, 3.8) is 0 Å². The van der Waals surface area contributed by atoms with Crippen molar-refractivity contribution in [2.75, 3.05) is 19.6 Å². The lowest BCUT2D eigenvalue weighted by Crippen LogP contribution is -2.45. The molecule has 1 aliphatic rings. The lowest BCUT2D eigenvalue weighted by atomic mass is 10.1. The zero-order valence-electron chi connectivity index (χ0n) is 10.0. The molecule has 94 valence electrons. The summed E-state index contributed by atoms with van der Waals surface area (Å²) in [5.41, 5.74) is 10.5. The number of nitrogens with two attached hydrogens (primary N) is 1. The number of benzene rings is 1. The van der Waals surface area contributed by atoms with Crippen molar-refractivity contribution in [3.05, 3.63) is 34.9 Å². The van der Waals surface area contributed by atoms with E-state index in [9.17, 15) is 0 Å². The zero-order valence-corrected chi connectivity index (χ0v) is 10.8. The summed E-state index contributed by atoms with van der Waals surface area (Å²) < 4.78 is 0. The lowest BCUT2D eigenvalue weighted by Gasteiger charge is -2.31. The third kappa shape index (κ3) is 3.68. The Morgan fingerprint density at radius 2 is 1.82 bits per heavy atom. The van der Waals surface area contributed by atoms with E-state index >= 15 is 0 Å². The average Bonchev–Trinajstić information content (AvgIpc) is 2.38. The molecule has 1 unspecified atom stereocenters. The quantitative estimate of drug-likeness (QED) is 0.866. The first-order valence-corrected chi connectivity index (χ1v) is 6.64. The van der Waals surface area contributed by atoms with Crippen LogP contribution in [0.25, 0.3) is 0 Å². The molecule has 1 aromatic rings. The molecule has 2 rings (SSSR count). The fourth-order valence-corrected chi connectivity index (χ4v) is 2.33. The van der Waals surface area contributed by atoms with Crippen LogP contribution in [0.2, 0.25) is 5.02 Å². The second-order valence-electron chi connectivity index (χ2n) is 4.52. The molecule has 0 saturated carbocycles. The number of rotatable bonds is 4. The highest BCUT2D eigenvalue weighted by Gasteiger charge is 2.15. The van der Waals surface area contributed by atoms with Gasteiger partial charge in [-0.1, -0.05) is 30.2 Å². The Hall–Kier alpha value is -0.610. The van der Waals surface area contributed by atoms with E-state index in [1.54, 1.807) is 0 Å². The molecular formula is C13H20ClN3. The maximum Gasteiger partial charge on any atom is 0.0587 e. The van der Waals surface area contributed by atoms with E-state index in [4.69, 9.17) is 17.3 Å². The van der Waals surface area contributed by atoms with Crippen molar-refractivity contribution in [2.24, 2.45) is 5.73 Å². The van der Waals surface area contributed by atoms with Gasteiger partial charge in [-0.05, 0) is 30.5 Å². The zero-order chi connectivity index (χ0) is 12.1. The Labute approximate surface area is 108 Å². The van der Waals surface area contributed by atoms with E-state index in [1.807, 2.05) is 24.3 Å². The van der Waals surface area contributed by atoms with Gasteiger partial charge in [0.2, 0.25) is 0 Å². The highest BCUT2D eigenvalue weighted by Crippen LogP contribution is 2.17. The van der Waals surface area contributed by atoms with Gasteiger partial charge >= 0.3 is 0 Å². The van der Waals surface area contributed by atoms with Gasteiger partial charge in [-0.3, -0.25) is 0 Å². The maximum absolute atomic E-state index is 5.89. The second-order valence-corrected chi connectivity index (χ2v) is 4.95. The summed E-state index contributed by atoms with van der Waals surface area (Å²) in [5, 5.41) is 3.05. The number of nitrogens with one attached hydrogen (secondary N) is 1. The average molecular weight is 254 g/mol. The van der Waals surface area contributed by atoms with E-state index < -0.39 is 0 Å². The highest BCUT2D eigenvalue weighted by molar-refractivity contribution is 6.30. The van der Waals surface area contributed by atoms with Gasteiger partial charge in [0.1, 0.15) is 0 Å². The smallest absolute Gasteiger partial charge is 0.0587 e. The molecule has 3 N–H and O–H groups in total. The highest BCUT2D eigenvalue weighted by atomic mass is 35.5. The monoisotopic (exact) mass is 253 g/mol. The molecule has 4 heteroatoms. The normalized spacial score (nSPS) is 19.2. The van der Waals surface area contributed by atoms with Gasteiger partial charge in [0.25, 0.3) is 0 Å². The van der Waals surface area contributed by atoms with Gasteiger partial charge in [-0.15, -0.1) is 0 Å². The molecule has 0 aliphatic carbocycles. The van der Waals surface area contributed by atoms with Crippen LogP contribution in [0.1, 0.15) is 30.9 Å². The van der Waals surface area contributed by atoms with Crippen molar-refractivity contribution >= 4 is 11.6 Å². The predicted molar refractivity (Wildman–Crippen MR) is 71.8 cm³/mol. The third-order valence-electron chi connectivity index (χ3n) is 3.20. The Kier molecular flexibility index (Phi) is 4.80. The number of nitrogens with zero attached hydrogens (tertiary/aromatic N) is 1. The molecule has 1 aromatic carbocycles. The molecule has 1 saturated heterocycles. The van der Waals surface area contributed by atoms with Crippen LogP contribution in [0.3, 0.4) is 0 Å². The molecule has 17 heavy (non-hydrogen) atoms. The van der Waals surface area contributed by atoms with E-state index in [0.717, 1.165) is 18.1 Å². The van der Waals surface area contributed by atoms with Crippen LogP contribution in [0.5, 0.6) is 0 Å². The van der Waals surface area contributed by atoms with E-state index in [-0.39, 0.29) is 6.04 Å². The predicted octanol–water partition coefficient (Wildman–Crippen LogP) is 2.33. The maximum atomic E-state index is 5.89. The number of hydrogen-bond donors (Lipinski definition) is 2. The molecule has 0 aromatic heterocycles. The molecule has 0 radical (unpaired) electrons. The Bertz CT molecular complexity index is 333. The fourth-order valence-electron chi connectivity index (χ4n) is 2.20. The fraction of sp³-hybridized carbons (Fsp3) is 0.538. The van der Waals surface area contributed by atoms with Gasteiger partial charge in [0, 0.05) is 24.7 Å². The van der Waals surface area contributed by atoms with E-state index in [0.29, 0.717) is 6.54 Å². The number of hydrazine groups is 1. The minimum absolute atomic E-state index is 0.186. The summed E-state index contributed by atoms with van der Waals surface area (Å²) >= 11 is 5.89. The van der Waals surface area contributed by atoms with Gasteiger partial charge < -0.3 is 5.73 Å². The minimum atomic E-state index is 0.186. The van der Waals surface area contributed by atoms with Crippen molar-refractivity contribution in [2.45, 2.75) is 25.3 Å². The van der Waals surface area contributed by atoms with E-state index in [2.05, 4.69) is 10.4 Å². The molecule has 1 heterocycles. The molecule has 0 amide bonds. The third-order valence-corrected chi connectivity index (χ3v) is 3.45. The summed E-state index contributed by atoms with van der Waals surface area (Å²) in [4.78, 5) is 0. The van der Waals surface area contributed by atoms with Crippen LogP contribution in [0.15, 0.2) is 24.3 Å². The van der Waals surface area contributed by atoms with Crippen LogP contribution in [0, 0.1) is 0 Å². The molecular weight excluding hydrogens is 234 g/mol. The molecule has 3 nitrogen and oxygen atoms in total. The lowest BCUT2D eigenvalue weighted by molar-refractivity contribution is 0.130. The number of hydrogen-bond acceptors (Lipinski definition) is 3. The summed E-state index contributed by atoms with van der Waals surface area (Å²) in [7, 11) is 0. The Morgan fingerprint density at radius 1 is 1.18 bits per heavy atom. The van der Waals surface area contributed by atoms with E-state index in [1.165, 1.54) is 24.8 Å². The molecule has 1 atom stereocenters. The molecule has 0 spiro atoms. The van der Waals surface area contributed by atoms with Crippen LogP contribution >= 0.6 is 11.6 Å². The minimum Gasteiger partial charge on any atom is -0.329 e. The van der Waals surface area contributed by atoms with Crippen LogP contribution in [-0.2, 0) is 0 Å². The van der Waals surface area contributed by atoms with Crippen LogP contribution in [-0.4, -0.2) is 24.6 Å². The first kappa shape index (κ1) is 12.8. The van der Waals surface area contributed by atoms with Crippen molar-refractivity contribution in [1.29, 1.82) is 0 Å². The van der Waals surface area contributed by atoms with Crippen LogP contribution < -0.4 is 11.2 Å². The van der Waals surface area contributed by atoms with Gasteiger partial charge in [-0.2, -0.15) is 0 Å². The first-order chi connectivity index (χ1) is 8.29. The second kappa shape index (κ2) is 6.36. The first-order valence-electron chi connectivity index (χ1n) is 6.26. The standard InChI is InChI=1S/C13H20ClN3/c14-12-6-4-11(5-7-12)13(10-15)16-17-8-2-1-3-9-17/h4-7,13,16H,1-3,8-10,15H2. The van der Waals surface area contributed by atoms with Crippen molar-refractivity contribution in [3.8, 4) is 0 Å². The van der Waals surface area contributed by atoms with Crippen molar-refractivity contribution < 1.29 is 0 Å². The van der Waals surface area contributed by atoms with Crippen LogP contribution in [0.4, 0.5) is 0 Å². The van der Waals surface area contributed by atoms with Gasteiger partial charge in [0.05, 0.1) is 6.04 Å².